The number of carbonyl (C=O) groups excluding carboxylic acids is 1. The lowest BCUT2D eigenvalue weighted by atomic mass is 10.1. The maximum Gasteiger partial charge on any atom is 0.238 e. The van der Waals surface area contributed by atoms with Gasteiger partial charge in [0.1, 0.15) is 0 Å². The smallest absolute Gasteiger partial charge is 0.238 e. The summed E-state index contributed by atoms with van der Waals surface area (Å²) in [6.07, 6.45) is 2.09. The molecular weight excluding hydrogens is 276 g/mol. The first-order valence-corrected chi connectivity index (χ1v) is 8.22. The maximum absolute atomic E-state index is 11.5. The third-order valence-corrected chi connectivity index (χ3v) is 3.87. The van der Waals surface area contributed by atoms with E-state index in [4.69, 9.17) is 5.14 Å². The van der Waals surface area contributed by atoms with Gasteiger partial charge < -0.3 is 5.32 Å². The number of primary sulfonamides is 1. The first kappa shape index (κ1) is 16.7. The van der Waals surface area contributed by atoms with Gasteiger partial charge in [0.15, 0.2) is 0 Å². The Bertz CT molecular complexity index is 536. The van der Waals surface area contributed by atoms with Crippen molar-refractivity contribution in [3.05, 3.63) is 29.8 Å². The third kappa shape index (κ3) is 6.16. The molecule has 112 valence electrons. The average Bonchev–Trinajstić information content (AvgIpc) is 2.36. The molecule has 3 N–H and O–H groups in total. The zero-order chi connectivity index (χ0) is 15.2. The average molecular weight is 298 g/mol. The van der Waals surface area contributed by atoms with E-state index in [1.54, 1.807) is 12.1 Å². The molecule has 0 fully saturated rings. The van der Waals surface area contributed by atoms with Crippen LogP contribution in [0, 0.1) is 5.92 Å². The summed E-state index contributed by atoms with van der Waals surface area (Å²) in [5.74, 6) is 0.575. The molecule has 1 aromatic rings. The van der Waals surface area contributed by atoms with E-state index in [0.29, 0.717) is 25.3 Å². The Morgan fingerprint density at radius 2 is 1.85 bits per heavy atom. The van der Waals surface area contributed by atoms with E-state index in [2.05, 4.69) is 19.2 Å². The van der Waals surface area contributed by atoms with Crippen molar-refractivity contribution in [1.82, 2.24) is 5.32 Å². The molecule has 0 saturated carbocycles. The van der Waals surface area contributed by atoms with Crippen LogP contribution in [0.15, 0.2) is 29.2 Å². The fraction of sp³-hybridized carbons (Fsp3) is 0.500. The zero-order valence-electron chi connectivity index (χ0n) is 11.9. The quantitative estimate of drug-likeness (QED) is 0.798. The number of rotatable bonds is 7. The number of benzene rings is 1. The highest BCUT2D eigenvalue weighted by Crippen LogP contribution is 2.09. The van der Waals surface area contributed by atoms with Crippen LogP contribution in [-0.4, -0.2) is 20.9 Å². The van der Waals surface area contributed by atoms with Gasteiger partial charge in [0.2, 0.25) is 15.9 Å². The molecule has 0 atom stereocenters. The topological polar surface area (TPSA) is 89.3 Å². The van der Waals surface area contributed by atoms with Crippen LogP contribution in [-0.2, 0) is 21.2 Å². The largest absolute Gasteiger partial charge is 0.356 e. The number of amides is 1. The SMILES string of the molecule is CC(C)CCC(=O)NCCc1ccc(S(N)(=O)=O)cc1. The maximum atomic E-state index is 11.5. The van der Waals surface area contributed by atoms with Gasteiger partial charge in [-0.3, -0.25) is 4.79 Å². The Morgan fingerprint density at radius 1 is 1.25 bits per heavy atom. The summed E-state index contributed by atoms with van der Waals surface area (Å²) < 4.78 is 22.2. The lowest BCUT2D eigenvalue weighted by molar-refractivity contribution is -0.121. The number of nitrogens with two attached hydrogens (primary N) is 1. The van der Waals surface area contributed by atoms with Gasteiger partial charge in [-0.1, -0.05) is 26.0 Å². The molecule has 1 aromatic carbocycles. The zero-order valence-corrected chi connectivity index (χ0v) is 12.7. The first-order chi connectivity index (χ1) is 9.29. The molecule has 0 aliphatic heterocycles. The van der Waals surface area contributed by atoms with Crippen molar-refractivity contribution in [2.75, 3.05) is 6.54 Å². The molecule has 0 saturated heterocycles. The van der Waals surface area contributed by atoms with E-state index in [1.165, 1.54) is 12.1 Å². The number of sulfonamides is 1. The van der Waals surface area contributed by atoms with E-state index in [0.717, 1.165) is 12.0 Å². The number of hydrogen-bond donors (Lipinski definition) is 2. The second kappa shape index (κ2) is 7.40. The first-order valence-electron chi connectivity index (χ1n) is 6.67. The van der Waals surface area contributed by atoms with Crippen molar-refractivity contribution < 1.29 is 13.2 Å². The lowest BCUT2D eigenvalue weighted by Crippen LogP contribution is -2.25. The summed E-state index contributed by atoms with van der Waals surface area (Å²) in [4.78, 5) is 11.6. The molecular formula is C14H22N2O3S. The van der Waals surface area contributed by atoms with Gasteiger partial charge in [-0.15, -0.1) is 0 Å². The molecule has 5 nitrogen and oxygen atoms in total. The molecule has 0 aromatic heterocycles. The van der Waals surface area contributed by atoms with Crippen molar-refractivity contribution in [3.8, 4) is 0 Å². The Labute approximate surface area is 120 Å². The van der Waals surface area contributed by atoms with Crippen LogP contribution in [0.1, 0.15) is 32.3 Å². The number of hydrogen-bond acceptors (Lipinski definition) is 3. The molecule has 0 radical (unpaired) electrons. The van der Waals surface area contributed by atoms with Crippen molar-refractivity contribution in [2.24, 2.45) is 11.1 Å². The van der Waals surface area contributed by atoms with Crippen LogP contribution in [0.3, 0.4) is 0 Å². The molecule has 0 spiro atoms. The number of nitrogens with one attached hydrogen (secondary N) is 1. The molecule has 0 heterocycles. The fourth-order valence-corrected chi connectivity index (χ4v) is 2.22. The van der Waals surface area contributed by atoms with Crippen LogP contribution in [0.5, 0.6) is 0 Å². The van der Waals surface area contributed by atoms with Gasteiger partial charge in [-0.25, -0.2) is 13.6 Å². The summed E-state index contributed by atoms with van der Waals surface area (Å²) in [6.45, 7) is 4.71. The summed E-state index contributed by atoms with van der Waals surface area (Å²) in [7, 11) is -3.64. The lowest BCUT2D eigenvalue weighted by Gasteiger charge is -2.07. The highest BCUT2D eigenvalue weighted by atomic mass is 32.2. The molecule has 20 heavy (non-hydrogen) atoms. The number of carbonyl (C=O) groups is 1. The summed E-state index contributed by atoms with van der Waals surface area (Å²) in [5.41, 5.74) is 0.960. The van der Waals surface area contributed by atoms with E-state index < -0.39 is 10.0 Å². The van der Waals surface area contributed by atoms with Crippen LogP contribution in [0.4, 0.5) is 0 Å². The summed E-state index contributed by atoms with van der Waals surface area (Å²) >= 11 is 0. The van der Waals surface area contributed by atoms with Gasteiger partial charge in [-0.2, -0.15) is 0 Å². The van der Waals surface area contributed by atoms with Crippen LogP contribution in [0.25, 0.3) is 0 Å². The van der Waals surface area contributed by atoms with Crippen molar-refractivity contribution >= 4 is 15.9 Å². The normalized spacial score (nSPS) is 11.6. The predicted octanol–water partition coefficient (Wildman–Crippen LogP) is 1.43. The molecule has 1 amide bonds. The van der Waals surface area contributed by atoms with Crippen molar-refractivity contribution in [1.29, 1.82) is 0 Å². The van der Waals surface area contributed by atoms with E-state index in [1.807, 2.05) is 0 Å². The predicted molar refractivity (Wildman–Crippen MR) is 78.6 cm³/mol. The molecule has 0 bridgehead atoms. The minimum Gasteiger partial charge on any atom is -0.356 e. The third-order valence-electron chi connectivity index (χ3n) is 2.94. The Balaban J connectivity index is 2.38. The van der Waals surface area contributed by atoms with Crippen LogP contribution >= 0.6 is 0 Å². The Kier molecular flexibility index (Phi) is 6.16. The van der Waals surface area contributed by atoms with E-state index in [-0.39, 0.29) is 10.8 Å². The highest BCUT2D eigenvalue weighted by Gasteiger charge is 2.07. The molecule has 6 heteroatoms. The summed E-state index contributed by atoms with van der Waals surface area (Å²) in [6, 6.07) is 6.37. The molecule has 1 rings (SSSR count). The van der Waals surface area contributed by atoms with Crippen molar-refractivity contribution in [3.63, 3.8) is 0 Å². The molecule has 0 unspecified atom stereocenters. The fourth-order valence-electron chi connectivity index (χ4n) is 1.70. The standard InChI is InChI=1S/C14H22N2O3S/c1-11(2)3-8-14(17)16-10-9-12-4-6-13(7-5-12)20(15,18)19/h4-7,11H,3,8-10H2,1-2H3,(H,16,17)(H2,15,18,19). The van der Waals surface area contributed by atoms with Crippen LogP contribution < -0.4 is 10.5 Å². The van der Waals surface area contributed by atoms with E-state index in [9.17, 15) is 13.2 Å². The van der Waals surface area contributed by atoms with Gasteiger partial charge in [0.05, 0.1) is 4.90 Å². The highest BCUT2D eigenvalue weighted by molar-refractivity contribution is 7.89. The van der Waals surface area contributed by atoms with E-state index >= 15 is 0 Å². The monoisotopic (exact) mass is 298 g/mol. The molecule has 0 aliphatic carbocycles. The molecule has 0 aliphatic rings. The van der Waals surface area contributed by atoms with Gasteiger partial charge in [-0.05, 0) is 36.5 Å². The van der Waals surface area contributed by atoms with Gasteiger partial charge in [0.25, 0.3) is 0 Å². The van der Waals surface area contributed by atoms with Gasteiger partial charge >= 0.3 is 0 Å². The minimum absolute atomic E-state index is 0.0554. The van der Waals surface area contributed by atoms with Crippen molar-refractivity contribution in [2.45, 2.75) is 38.0 Å². The van der Waals surface area contributed by atoms with Gasteiger partial charge in [0, 0.05) is 13.0 Å². The second-order valence-corrected chi connectivity index (χ2v) is 6.78. The van der Waals surface area contributed by atoms with Crippen LogP contribution in [0.2, 0.25) is 0 Å². The second-order valence-electron chi connectivity index (χ2n) is 5.22. The Morgan fingerprint density at radius 3 is 2.35 bits per heavy atom. The summed E-state index contributed by atoms with van der Waals surface area (Å²) in [5, 5.41) is 7.87. The minimum atomic E-state index is -3.64. The Hall–Kier alpha value is -1.40.